The number of ether oxygens (including phenoxy) is 1. The smallest absolute Gasteiger partial charge is 0.321 e. The van der Waals surface area contributed by atoms with Gasteiger partial charge in [-0.1, -0.05) is 6.07 Å². The van der Waals surface area contributed by atoms with Gasteiger partial charge in [-0.2, -0.15) is 9.82 Å². The van der Waals surface area contributed by atoms with Gasteiger partial charge in [-0.3, -0.25) is 14.3 Å². The van der Waals surface area contributed by atoms with E-state index in [1.807, 2.05) is 26.8 Å². The Morgan fingerprint density at radius 2 is 1.81 bits per heavy atom. The van der Waals surface area contributed by atoms with Crippen molar-refractivity contribution in [2.75, 3.05) is 6.54 Å². The molecule has 1 N–H and O–H groups in total. The number of hydrogen-bond acceptors (Lipinski definition) is 6. The van der Waals surface area contributed by atoms with Crippen LogP contribution in [-0.2, 0) is 26.6 Å². The molecule has 1 atom stereocenters. The van der Waals surface area contributed by atoms with Crippen molar-refractivity contribution in [3.8, 4) is 0 Å². The summed E-state index contributed by atoms with van der Waals surface area (Å²) in [5, 5.41) is 3.77. The molecule has 27 heavy (non-hydrogen) atoms. The second-order valence-corrected chi connectivity index (χ2v) is 8.19. The van der Waals surface area contributed by atoms with Crippen LogP contribution in [0.5, 0.6) is 0 Å². The minimum Gasteiger partial charge on any atom is -0.453 e. The molecule has 1 aromatic carbocycles. The Kier molecular flexibility index (Phi) is 6.17. The van der Waals surface area contributed by atoms with Gasteiger partial charge in [-0.25, -0.2) is 8.42 Å². The monoisotopic (exact) mass is 393 g/mol. The summed E-state index contributed by atoms with van der Waals surface area (Å²) in [6.45, 7) is 6.55. The van der Waals surface area contributed by atoms with Crippen molar-refractivity contribution in [3.05, 3.63) is 46.8 Å². The van der Waals surface area contributed by atoms with Crippen LogP contribution in [0.4, 0.5) is 0 Å². The van der Waals surface area contributed by atoms with E-state index < -0.39 is 28.6 Å². The van der Waals surface area contributed by atoms with Crippen LogP contribution in [0.15, 0.2) is 29.4 Å². The van der Waals surface area contributed by atoms with Crippen LogP contribution in [0, 0.1) is 20.8 Å². The van der Waals surface area contributed by atoms with Gasteiger partial charge in [0.25, 0.3) is 0 Å². The number of aryl methyl sites for hydroxylation is 4. The number of sulfonamides is 1. The first kappa shape index (κ1) is 20.8. The molecular weight excluding hydrogens is 370 g/mol. The van der Waals surface area contributed by atoms with Crippen molar-refractivity contribution in [2.24, 2.45) is 7.05 Å². The molecule has 0 fully saturated rings. The Morgan fingerprint density at radius 3 is 2.41 bits per heavy atom. The number of hydrogen-bond donors (Lipinski definition) is 1. The van der Waals surface area contributed by atoms with E-state index in [0.717, 1.165) is 16.7 Å². The highest BCUT2D eigenvalue weighted by atomic mass is 32.2. The van der Waals surface area contributed by atoms with Crippen molar-refractivity contribution in [1.29, 1.82) is 0 Å². The standard InChI is InChI=1S/C18H23N3O5S/c1-11-6-13(3)16(7-12(11)2)18(23)14(4)26-17(22)9-20-27(24,25)15-8-19-21(5)10-15/h6-8,10,14,20H,9H2,1-5H3. The summed E-state index contributed by atoms with van der Waals surface area (Å²) in [6, 6.07) is 3.67. The Hall–Kier alpha value is -2.52. The van der Waals surface area contributed by atoms with Gasteiger partial charge in [-0.15, -0.1) is 0 Å². The third-order valence-corrected chi connectivity index (χ3v) is 5.54. The number of carbonyl (C=O) groups is 2. The number of Topliss-reactive ketones (excluding diaryl/α,β-unsaturated/α-hetero) is 1. The molecule has 0 aliphatic heterocycles. The summed E-state index contributed by atoms with van der Waals surface area (Å²) in [7, 11) is -2.30. The van der Waals surface area contributed by atoms with Crippen LogP contribution < -0.4 is 4.72 Å². The van der Waals surface area contributed by atoms with E-state index in [1.54, 1.807) is 13.1 Å². The molecule has 0 bridgehead atoms. The Balaban J connectivity index is 1.99. The van der Waals surface area contributed by atoms with Gasteiger partial charge in [0.2, 0.25) is 15.8 Å². The summed E-state index contributed by atoms with van der Waals surface area (Å²) in [5.41, 5.74) is 3.31. The molecule has 146 valence electrons. The van der Waals surface area contributed by atoms with Crippen LogP contribution in [0.25, 0.3) is 0 Å². The first-order valence-electron chi connectivity index (χ1n) is 8.31. The predicted molar refractivity (Wildman–Crippen MR) is 98.9 cm³/mol. The average Bonchev–Trinajstić information content (AvgIpc) is 3.03. The van der Waals surface area contributed by atoms with Crippen molar-refractivity contribution in [1.82, 2.24) is 14.5 Å². The van der Waals surface area contributed by atoms with Crippen molar-refractivity contribution < 1.29 is 22.7 Å². The lowest BCUT2D eigenvalue weighted by molar-refractivity contribution is -0.144. The number of ketones is 1. The van der Waals surface area contributed by atoms with Crippen LogP contribution in [0.2, 0.25) is 0 Å². The fraction of sp³-hybridized carbons (Fsp3) is 0.389. The number of aromatic nitrogens is 2. The van der Waals surface area contributed by atoms with E-state index >= 15 is 0 Å². The highest BCUT2D eigenvalue weighted by Crippen LogP contribution is 2.18. The third kappa shape index (κ3) is 5.01. The van der Waals surface area contributed by atoms with Gasteiger partial charge in [0, 0.05) is 18.8 Å². The zero-order valence-electron chi connectivity index (χ0n) is 15.9. The maximum atomic E-state index is 12.6. The van der Waals surface area contributed by atoms with Crippen LogP contribution in [-0.4, -0.2) is 42.6 Å². The molecule has 0 saturated heterocycles. The molecule has 0 saturated carbocycles. The SMILES string of the molecule is Cc1cc(C)c(C(=O)C(C)OC(=O)CNS(=O)(=O)c2cnn(C)c2)cc1C. The van der Waals surface area contributed by atoms with E-state index in [4.69, 9.17) is 4.74 Å². The topological polar surface area (TPSA) is 107 Å². The van der Waals surface area contributed by atoms with Crippen molar-refractivity contribution >= 4 is 21.8 Å². The number of nitrogens with one attached hydrogen (secondary N) is 1. The fourth-order valence-electron chi connectivity index (χ4n) is 2.51. The quantitative estimate of drug-likeness (QED) is 0.563. The van der Waals surface area contributed by atoms with E-state index in [1.165, 1.54) is 24.0 Å². The molecule has 0 spiro atoms. The minimum absolute atomic E-state index is 0.0623. The minimum atomic E-state index is -3.88. The molecule has 1 unspecified atom stereocenters. The molecule has 9 heteroatoms. The van der Waals surface area contributed by atoms with Gasteiger partial charge in [-0.05, 0) is 50.5 Å². The normalized spacial score (nSPS) is 12.6. The molecule has 1 aromatic heterocycles. The number of esters is 1. The molecule has 2 rings (SSSR count). The molecule has 2 aromatic rings. The molecular formula is C18H23N3O5S. The van der Waals surface area contributed by atoms with Gasteiger partial charge >= 0.3 is 5.97 Å². The van der Waals surface area contributed by atoms with Crippen molar-refractivity contribution in [2.45, 2.75) is 38.7 Å². The highest BCUT2D eigenvalue weighted by Gasteiger charge is 2.23. The van der Waals surface area contributed by atoms with Gasteiger partial charge < -0.3 is 4.74 Å². The van der Waals surface area contributed by atoms with E-state index in [2.05, 4.69) is 9.82 Å². The first-order valence-corrected chi connectivity index (χ1v) is 9.79. The van der Waals surface area contributed by atoms with Crippen LogP contribution >= 0.6 is 0 Å². The second kappa shape index (κ2) is 8.01. The lowest BCUT2D eigenvalue weighted by Gasteiger charge is -2.15. The Bertz CT molecular complexity index is 979. The summed E-state index contributed by atoms with van der Waals surface area (Å²) in [4.78, 5) is 24.5. The number of nitrogens with zero attached hydrogens (tertiary/aromatic N) is 2. The lowest BCUT2D eigenvalue weighted by Crippen LogP contribution is -2.34. The lowest BCUT2D eigenvalue weighted by atomic mass is 9.96. The maximum absolute atomic E-state index is 12.6. The molecule has 0 aliphatic carbocycles. The summed E-state index contributed by atoms with van der Waals surface area (Å²) >= 11 is 0. The molecule has 0 aliphatic rings. The second-order valence-electron chi connectivity index (χ2n) is 6.42. The van der Waals surface area contributed by atoms with E-state index in [9.17, 15) is 18.0 Å². The largest absolute Gasteiger partial charge is 0.453 e. The predicted octanol–water partition coefficient (Wildman–Crippen LogP) is 1.44. The van der Waals surface area contributed by atoms with Crippen molar-refractivity contribution in [3.63, 3.8) is 0 Å². The fourth-order valence-corrected chi connectivity index (χ4v) is 3.46. The van der Waals surface area contributed by atoms with Gasteiger partial charge in [0.05, 0.1) is 6.20 Å². The van der Waals surface area contributed by atoms with Crippen LogP contribution in [0.3, 0.4) is 0 Å². The number of benzene rings is 1. The first-order chi connectivity index (χ1) is 12.5. The molecule has 8 nitrogen and oxygen atoms in total. The summed E-state index contributed by atoms with van der Waals surface area (Å²) in [5.74, 6) is -1.18. The third-order valence-electron chi connectivity index (χ3n) is 4.18. The Morgan fingerprint density at radius 1 is 1.19 bits per heavy atom. The maximum Gasteiger partial charge on any atom is 0.321 e. The van der Waals surface area contributed by atoms with Gasteiger partial charge in [0.15, 0.2) is 6.10 Å². The Labute approximate surface area is 158 Å². The number of rotatable bonds is 7. The highest BCUT2D eigenvalue weighted by molar-refractivity contribution is 7.89. The van der Waals surface area contributed by atoms with E-state index in [-0.39, 0.29) is 10.7 Å². The zero-order valence-corrected chi connectivity index (χ0v) is 16.8. The van der Waals surface area contributed by atoms with Gasteiger partial charge in [0.1, 0.15) is 11.4 Å². The van der Waals surface area contributed by atoms with Crippen LogP contribution in [0.1, 0.15) is 34.0 Å². The van der Waals surface area contributed by atoms with E-state index in [0.29, 0.717) is 5.56 Å². The summed E-state index contributed by atoms with van der Waals surface area (Å²) < 4.78 is 32.7. The summed E-state index contributed by atoms with van der Waals surface area (Å²) in [6.07, 6.45) is 1.45. The molecule has 0 radical (unpaired) electrons. The average molecular weight is 393 g/mol. The molecule has 1 heterocycles. The zero-order chi connectivity index (χ0) is 20.4. The molecule has 0 amide bonds. The number of carbonyl (C=O) groups excluding carboxylic acids is 2.